The minimum Gasteiger partial charge on any atom is -0.357 e. The van der Waals surface area contributed by atoms with Crippen LogP contribution >= 0.6 is 11.6 Å². The molecule has 4 nitrogen and oxygen atoms in total. The van der Waals surface area contributed by atoms with Gasteiger partial charge in [-0.2, -0.15) is 0 Å². The fourth-order valence-electron chi connectivity index (χ4n) is 3.58. The number of hydrogen-bond donors (Lipinski definition) is 1. The number of aryl methyl sites for hydroxylation is 1. The van der Waals surface area contributed by atoms with Gasteiger partial charge in [-0.15, -0.1) is 0 Å². The van der Waals surface area contributed by atoms with Crippen LogP contribution in [0.2, 0.25) is 5.02 Å². The molecule has 3 aromatic rings. The monoisotopic (exact) mass is 434 g/mol. The first-order chi connectivity index (χ1) is 15.0. The van der Waals surface area contributed by atoms with Gasteiger partial charge < -0.3 is 10.2 Å². The van der Waals surface area contributed by atoms with Crippen molar-refractivity contribution in [3.63, 3.8) is 0 Å². The van der Waals surface area contributed by atoms with Crippen molar-refractivity contribution in [3.05, 3.63) is 106 Å². The van der Waals surface area contributed by atoms with E-state index in [1.54, 1.807) is 24.1 Å². The molecular weight excluding hydrogens is 408 g/mol. The molecule has 3 aromatic carbocycles. The average Bonchev–Trinajstić information content (AvgIpc) is 2.79. The zero-order chi connectivity index (χ0) is 22.2. The molecule has 0 aliphatic carbocycles. The lowest BCUT2D eigenvalue weighted by atomic mass is 10.0. The molecule has 0 heterocycles. The van der Waals surface area contributed by atoms with Crippen molar-refractivity contribution in [3.8, 4) is 0 Å². The molecule has 0 unspecified atom stereocenters. The summed E-state index contributed by atoms with van der Waals surface area (Å²) in [7, 11) is 1.60. The number of halogens is 1. The summed E-state index contributed by atoms with van der Waals surface area (Å²) in [5.41, 5.74) is 3.94. The number of hydrogen-bond acceptors (Lipinski definition) is 2. The van der Waals surface area contributed by atoms with E-state index in [1.165, 1.54) is 0 Å². The van der Waals surface area contributed by atoms with Gasteiger partial charge in [-0.3, -0.25) is 9.59 Å². The van der Waals surface area contributed by atoms with Gasteiger partial charge in [0.2, 0.25) is 11.8 Å². The van der Waals surface area contributed by atoms with E-state index in [1.807, 2.05) is 73.7 Å². The number of carbonyl (C=O) groups excluding carboxylic acids is 2. The highest BCUT2D eigenvalue weighted by molar-refractivity contribution is 6.30. The second-order valence-electron chi connectivity index (χ2n) is 7.57. The molecule has 3 rings (SSSR count). The molecule has 1 atom stereocenters. The number of rotatable bonds is 8. The minimum atomic E-state index is -0.625. The molecule has 1 N–H and O–H groups in total. The smallest absolute Gasteiger partial charge is 0.242 e. The van der Waals surface area contributed by atoms with Crippen molar-refractivity contribution in [1.82, 2.24) is 10.2 Å². The summed E-state index contributed by atoms with van der Waals surface area (Å²) in [6, 6.07) is 24.4. The molecule has 0 bridgehead atoms. The van der Waals surface area contributed by atoms with Crippen LogP contribution in [0.4, 0.5) is 0 Å². The Morgan fingerprint density at radius 2 is 1.55 bits per heavy atom. The zero-order valence-corrected chi connectivity index (χ0v) is 18.6. The molecule has 0 aliphatic rings. The van der Waals surface area contributed by atoms with Crippen molar-refractivity contribution in [1.29, 1.82) is 0 Å². The standard InChI is InChI=1S/C26H27ClN2O2/c1-19-8-6-7-11-22(19)17-25(30)29(18-21-12-14-23(27)15-13-21)24(26(31)28-2)16-20-9-4-3-5-10-20/h3-15,24H,16-18H2,1-2H3,(H,28,31)/t24-/m0/s1. The van der Waals surface area contributed by atoms with Crippen molar-refractivity contribution in [2.45, 2.75) is 32.4 Å². The van der Waals surface area contributed by atoms with E-state index in [2.05, 4.69) is 5.32 Å². The lowest BCUT2D eigenvalue weighted by Crippen LogP contribution is -2.50. The Labute approximate surface area is 188 Å². The molecule has 2 amide bonds. The fraction of sp³-hybridized carbons (Fsp3) is 0.231. The number of nitrogens with one attached hydrogen (secondary N) is 1. The van der Waals surface area contributed by atoms with Crippen molar-refractivity contribution >= 4 is 23.4 Å². The molecule has 31 heavy (non-hydrogen) atoms. The van der Waals surface area contributed by atoms with E-state index in [9.17, 15) is 9.59 Å². The average molecular weight is 435 g/mol. The highest BCUT2D eigenvalue weighted by Gasteiger charge is 2.30. The third-order valence-electron chi connectivity index (χ3n) is 5.39. The number of nitrogens with zero attached hydrogens (tertiary/aromatic N) is 1. The molecule has 0 aliphatic heterocycles. The van der Waals surface area contributed by atoms with Crippen LogP contribution in [-0.2, 0) is 29.0 Å². The van der Waals surface area contributed by atoms with Crippen molar-refractivity contribution < 1.29 is 9.59 Å². The first-order valence-electron chi connectivity index (χ1n) is 10.3. The molecule has 160 valence electrons. The lowest BCUT2D eigenvalue weighted by molar-refractivity contribution is -0.140. The Morgan fingerprint density at radius 3 is 2.19 bits per heavy atom. The predicted molar refractivity (Wildman–Crippen MR) is 125 cm³/mol. The maximum atomic E-state index is 13.5. The van der Waals surface area contributed by atoms with E-state index < -0.39 is 6.04 Å². The Balaban J connectivity index is 1.94. The zero-order valence-electron chi connectivity index (χ0n) is 17.8. The van der Waals surface area contributed by atoms with E-state index in [-0.39, 0.29) is 18.2 Å². The van der Waals surface area contributed by atoms with Crippen LogP contribution in [0.25, 0.3) is 0 Å². The number of carbonyl (C=O) groups is 2. The van der Waals surface area contributed by atoms with Gasteiger partial charge in [0.25, 0.3) is 0 Å². The molecule has 0 aromatic heterocycles. The van der Waals surface area contributed by atoms with E-state index in [0.29, 0.717) is 18.0 Å². The van der Waals surface area contributed by atoms with Gasteiger partial charge in [-0.25, -0.2) is 0 Å². The summed E-state index contributed by atoms with van der Waals surface area (Å²) in [6.07, 6.45) is 0.677. The molecular formula is C26H27ClN2O2. The largest absolute Gasteiger partial charge is 0.357 e. The van der Waals surface area contributed by atoms with Gasteiger partial charge >= 0.3 is 0 Å². The molecule has 0 spiro atoms. The lowest BCUT2D eigenvalue weighted by Gasteiger charge is -2.31. The molecule has 0 radical (unpaired) electrons. The van der Waals surface area contributed by atoms with Gasteiger partial charge in [0.1, 0.15) is 6.04 Å². The maximum absolute atomic E-state index is 13.5. The molecule has 0 fully saturated rings. The van der Waals surface area contributed by atoms with Gasteiger partial charge in [0, 0.05) is 25.0 Å². The number of benzene rings is 3. The van der Waals surface area contributed by atoms with Crippen LogP contribution < -0.4 is 5.32 Å². The van der Waals surface area contributed by atoms with Gasteiger partial charge in [0.15, 0.2) is 0 Å². The summed E-state index contributed by atoms with van der Waals surface area (Å²) in [5, 5.41) is 3.37. The second-order valence-corrected chi connectivity index (χ2v) is 8.01. The summed E-state index contributed by atoms with van der Waals surface area (Å²) in [6.45, 7) is 2.32. The van der Waals surface area contributed by atoms with Gasteiger partial charge in [0.05, 0.1) is 6.42 Å². The van der Waals surface area contributed by atoms with Crippen LogP contribution in [0.3, 0.4) is 0 Å². The van der Waals surface area contributed by atoms with E-state index >= 15 is 0 Å². The topological polar surface area (TPSA) is 49.4 Å². The van der Waals surface area contributed by atoms with Crippen LogP contribution in [0, 0.1) is 6.92 Å². The van der Waals surface area contributed by atoms with Gasteiger partial charge in [-0.1, -0.05) is 78.3 Å². The van der Waals surface area contributed by atoms with Crippen molar-refractivity contribution in [2.24, 2.45) is 0 Å². The highest BCUT2D eigenvalue weighted by atomic mass is 35.5. The fourth-order valence-corrected chi connectivity index (χ4v) is 3.71. The maximum Gasteiger partial charge on any atom is 0.242 e. The second kappa shape index (κ2) is 10.8. The van der Waals surface area contributed by atoms with Crippen LogP contribution in [0.5, 0.6) is 0 Å². The minimum absolute atomic E-state index is 0.0891. The molecule has 5 heteroatoms. The van der Waals surface area contributed by atoms with Crippen LogP contribution in [-0.4, -0.2) is 29.8 Å². The summed E-state index contributed by atoms with van der Waals surface area (Å²) >= 11 is 6.03. The Hall–Kier alpha value is -3.11. The summed E-state index contributed by atoms with van der Waals surface area (Å²) in [5.74, 6) is -0.273. The Bertz CT molecular complexity index is 1020. The number of likely N-dealkylation sites (N-methyl/N-ethyl adjacent to an activating group) is 1. The SMILES string of the molecule is CNC(=O)[C@H](Cc1ccccc1)N(Cc1ccc(Cl)cc1)C(=O)Cc1ccccc1C. The Kier molecular flexibility index (Phi) is 7.85. The third-order valence-corrected chi connectivity index (χ3v) is 5.64. The summed E-state index contributed by atoms with van der Waals surface area (Å²) < 4.78 is 0. The summed E-state index contributed by atoms with van der Waals surface area (Å²) in [4.78, 5) is 28.1. The highest BCUT2D eigenvalue weighted by Crippen LogP contribution is 2.19. The third kappa shape index (κ3) is 6.19. The van der Waals surface area contributed by atoms with Gasteiger partial charge in [-0.05, 0) is 41.3 Å². The Morgan fingerprint density at radius 1 is 0.903 bits per heavy atom. The van der Waals surface area contributed by atoms with Crippen LogP contribution in [0.1, 0.15) is 22.3 Å². The van der Waals surface area contributed by atoms with Crippen LogP contribution in [0.15, 0.2) is 78.9 Å². The van der Waals surface area contributed by atoms with E-state index in [0.717, 1.165) is 22.3 Å². The normalized spacial score (nSPS) is 11.6. The predicted octanol–water partition coefficient (Wildman–Crippen LogP) is 4.58. The first-order valence-corrected chi connectivity index (χ1v) is 10.7. The first kappa shape index (κ1) is 22.6. The molecule has 0 saturated heterocycles. The van der Waals surface area contributed by atoms with Crippen molar-refractivity contribution in [2.75, 3.05) is 7.05 Å². The number of amides is 2. The quantitative estimate of drug-likeness (QED) is 0.564. The molecule has 0 saturated carbocycles. The van der Waals surface area contributed by atoms with E-state index in [4.69, 9.17) is 11.6 Å².